The SMILES string of the molecule is Cn1cnc2c(NCCCO)nc(-c3cccc(-c4ccccc4)c3)nc21. The Kier molecular flexibility index (Phi) is 4.80. The van der Waals surface area contributed by atoms with E-state index in [1.54, 1.807) is 6.33 Å². The van der Waals surface area contributed by atoms with E-state index >= 15 is 0 Å². The molecule has 0 bridgehead atoms. The fourth-order valence-corrected chi connectivity index (χ4v) is 3.01. The van der Waals surface area contributed by atoms with Crippen LogP contribution in [0.3, 0.4) is 0 Å². The second-order valence-corrected chi connectivity index (χ2v) is 6.37. The predicted molar refractivity (Wildman–Crippen MR) is 107 cm³/mol. The predicted octanol–water partition coefficient (Wildman–Crippen LogP) is 3.49. The van der Waals surface area contributed by atoms with Gasteiger partial charge in [0.05, 0.1) is 6.33 Å². The van der Waals surface area contributed by atoms with Gasteiger partial charge >= 0.3 is 0 Å². The van der Waals surface area contributed by atoms with Gasteiger partial charge in [-0.15, -0.1) is 0 Å². The molecule has 0 aliphatic carbocycles. The van der Waals surface area contributed by atoms with Gasteiger partial charge in [0.15, 0.2) is 17.3 Å². The summed E-state index contributed by atoms with van der Waals surface area (Å²) in [6.45, 7) is 0.762. The molecule has 4 aromatic rings. The molecule has 0 aliphatic heterocycles. The molecule has 0 atom stereocenters. The zero-order chi connectivity index (χ0) is 18.6. The van der Waals surface area contributed by atoms with Crippen molar-refractivity contribution in [1.82, 2.24) is 19.5 Å². The summed E-state index contributed by atoms with van der Waals surface area (Å²) in [4.78, 5) is 13.8. The van der Waals surface area contributed by atoms with E-state index in [2.05, 4.69) is 34.6 Å². The van der Waals surface area contributed by atoms with Gasteiger partial charge < -0.3 is 15.0 Å². The highest BCUT2D eigenvalue weighted by Gasteiger charge is 2.13. The van der Waals surface area contributed by atoms with Crippen molar-refractivity contribution in [1.29, 1.82) is 0 Å². The summed E-state index contributed by atoms with van der Waals surface area (Å²) in [7, 11) is 1.92. The second kappa shape index (κ2) is 7.55. The van der Waals surface area contributed by atoms with Gasteiger partial charge in [-0.1, -0.05) is 48.5 Å². The molecule has 4 rings (SSSR count). The Bertz CT molecular complexity index is 1060. The Morgan fingerprint density at radius 3 is 2.56 bits per heavy atom. The quantitative estimate of drug-likeness (QED) is 0.516. The van der Waals surface area contributed by atoms with E-state index in [-0.39, 0.29) is 6.61 Å². The molecular weight excluding hydrogens is 338 g/mol. The summed E-state index contributed by atoms with van der Waals surface area (Å²) in [5.74, 6) is 1.34. The van der Waals surface area contributed by atoms with Crippen molar-refractivity contribution in [3.05, 3.63) is 60.9 Å². The first-order chi connectivity index (χ1) is 13.3. The van der Waals surface area contributed by atoms with Crippen molar-refractivity contribution in [2.45, 2.75) is 6.42 Å². The number of benzene rings is 2. The Labute approximate surface area is 157 Å². The lowest BCUT2D eigenvalue weighted by atomic mass is 10.0. The van der Waals surface area contributed by atoms with Gasteiger partial charge in [-0.05, 0) is 23.6 Å². The normalized spacial score (nSPS) is 11.0. The number of nitrogens with one attached hydrogen (secondary N) is 1. The molecule has 0 fully saturated rings. The molecule has 0 saturated carbocycles. The lowest BCUT2D eigenvalue weighted by molar-refractivity contribution is 0.292. The van der Waals surface area contributed by atoms with Gasteiger partial charge in [0.1, 0.15) is 5.52 Å². The van der Waals surface area contributed by atoms with Gasteiger partial charge in [-0.25, -0.2) is 15.0 Å². The Balaban J connectivity index is 1.78. The maximum atomic E-state index is 9.04. The zero-order valence-electron chi connectivity index (χ0n) is 15.1. The van der Waals surface area contributed by atoms with Crippen LogP contribution in [0.1, 0.15) is 6.42 Å². The van der Waals surface area contributed by atoms with E-state index in [1.165, 1.54) is 0 Å². The van der Waals surface area contributed by atoms with Crippen LogP contribution in [0.2, 0.25) is 0 Å². The number of hydrogen-bond donors (Lipinski definition) is 2. The first kappa shape index (κ1) is 17.2. The van der Waals surface area contributed by atoms with Crippen LogP contribution in [-0.2, 0) is 7.05 Å². The van der Waals surface area contributed by atoms with Gasteiger partial charge in [-0.2, -0.15) is 0 Å². The monoisotopic (exact) mass is 359 g/mol. The van der Waals surface area contributed by atoms with Crippen molar-refractivity contribution in [3.63, 3.8) is 0 Å². The number of imidazole rings is 1. The Morgan fingerprint density at radius 1 is 0.963 bits per heavy atom. The van der Waals surface area contributed by atoms with Crippen LogP contribution in [0.25, 0.3) is 33.7 Å². The number of fused-ring (bicyclic) bond motifs is 1. The molecule has 0 radical (unpaired) electrons. The summed E-state index contributed by atoms with van der Waals surface area (Å²) in [6.07, 6.45) is 2.39. The Morgan fingerprint density at radius 2 is 1.74 bits per heavy atom. The summed E-state index contributed by atoms with van der Waals surface area (Å²) >= 11 is 0. The van der Waals surface area contributed by atoms with Gasteiger partial charge in [-0.3, -0.25) is 0 Å². The third-order valence-electron chi connectivity index (χ3n) is 4.41. The van der Waals surface area contributed by atoms with Crippen LogP contribution in [-0.4, -0.2) is 37.8 Å². The summed E-state index contributed by atoms with van der Waals surface area (Å²) in [6, 6.07) is 18.5. The average molecular weight is 359 g/mol. The highest BCUT2D eigenvalue weighted by molar-refractivity contribution is 5.85. The lowest BCUT2D eigenvalue weighted by Gasteiger charge is -2.09. The van der Waals surface area contributed by atoms with E-state index in [0.29, 0.717) is 24.6 Å². The maximum absolute atomic E-state index is 9.04. The summed E-state index contributed by atoms with van der Waals surface area (Å²) in [5, 5.41) is 12.3. The van der Waals surface area contributed by atoms with Crippen LogP contribution in [0.4, 0.5) is 5.82 Å². The van der Waals surface area contributed by atoms with Gasteiger partial charge in [0, 0.05) is 25.8 Å². The molecule has 6 nitrogen and oxygen atoms in total. The molecule has 2 N–H and O–H groups in total. The highest BCUT2D eigenvalue weighted by Crippen LogP contribution is 2.27. The van der Waals surface area contributed by atoms with Crippen LogP contribution in [0.5, 0.6) is 0 Å². The minimum absolute atomic E-state index is 0.134. The first-order valence-corrected chi connectivity index (χ1v) is 8.96. The number of rotatable bonds is 6. The van der Waals surface area contributed by atoms with Crippen LogP contribution < -0.4 is 5.32 Å². The first-order valence-electron chi connectivity index (χ1n) is 8.96. The standard InChI is InChI=1S/C21H21N5O/c1-26-14-23-18-20(22-11-6-12-27)24-19(25-21(18)26)17-10-5-9-16(13-17)15-7-3-2-4-8-15/h2-5,7-10,13-14,27H,6,11-12H2,1H3,(H,22,24,25). The van der Waals surface area contributed by atoms with E-state index in [1.807, 2.05) is 41.9 Å². The van der Waals surface area contributed by atoms with E-state index in [4.69, 9.17) is 15.1 Å². The van der Waals surface area contributed by atoms with Gasteiger partial charge in [0.2, 0.25) is 0 Å². The molecule has 0 amide bonds. The number of nitrogens with zero attached hydrogens (tertiary/aromatic N) is 4. The summed E-state index contributed by atoms with van der Waals surface area (Å²) < 4.78 is 1.89. The minimum atomic E-state index is 0.134. The van der Waals surface area contributed by atoms with E-state index < -0.39 is 0 Å². The summed E-state index contributed by atoms with van der Waals surface area (Å²) in [5.41, 5.74) is 4.73. The van der Waals surface area contributed by atoms with Crippen LogP contribution >= 0.6 is 0 Å². The molecule has 0 spiro atoms. The highest BCUT2D eigenvalue weighted by atomic mass is 16.3. The van der Waals surface area contributed by atoms with Crippen LogP contribution in [0, 0.1) is 0 Å². The zero-order valence-corrected chi connectivity index (χ0v) is 15.1. The molecule has 2 aromatic heterocycles. The molecular formula is C21H21N5O. The number of aromatic nitrogens is 4. The molecule has 6 heteroatoms. The third-order valence-corrected chi connectivity index (χ3v) is 4.41. The lowest BCUT2D eigenvalue weighted by Crippen LogP contribution is -2.07. The molecule has 136 valence electrons. The van der Waals surface area contributed by atoms with Crippen molar-refractivity contribution in [2.75, 3.05) is 18.5 Å². The molecule has 0 aliphatic rings. The number of aliphatic hydroxyl groups excluding tert-OH is 1. The topological polar surface area (TPSA) is 75.9 Å². The van der Waals surface area contributed by atoms with Gasteiger partial charge in [0.25, 0.3) is 0 Å². The van der Waals surface area contributed by atoms with E-state index in [0.717, 1.165) is 27.9 Å². The van der Waals surface area contributed by atoms with Crippen molar-refractivity contribution in [2.24, 2.45) is 7.05 Å². The second-order valence-electron chi connectivity index (χ2n) is 6.37. The molecule has 2 heterocycles. The molecule has 27 heavy (non-hydrogen) atoms. The fourth-order valence-electron chi connectivity index (χ4n) is 3.01. The minimum Gasteiger partial charge on any atom is -0.396 e. The van der Waals surface area contributed by atoms with Crippen molar-refractivity contribution in [3.8, 4) is 22.5 Å². The third kappa shape index (κ3) is 3.52. The molecule has 2 aromatic carbocycles. The van der Waals surface area contributed by atoms with E-state index in [9.17, 15) is 0 Å². The average Bonchev–Trinajstić information content (AvgIpc) is 3.10. The number of anilines is 1. The smallest absolute Gasteiger partial charge is 0.165 e. The molecule has 0 saturated heterocycles. The van der Waals surface area contributed by atoms with Crippen molar-refractivity contribution >= 4 is 17.0 Å². The number of aliphatic hydroxyl groups is 1. The Hall–Kier alpha value is -3.25. The maximum Gasteiger partial charge on any atom is 0.165 e. The van der Waals surface area contributed by atoms with Crippen molar-refractivity contribution < 1.29 is 5.11 Å². The number of hydrogen-bond acceptors (Lipinski definition) is 5. The van der Waals surface area contributed by atoms with Crippen LogP contribution in [0.15, 0.2) is 60.9 Å². The number of aryl methyl sites for hydroxylation is 1. The fraction of sp³-hybridized carbons (Fsp3) is 0.190. The largest absolute Gasteiger partial charge is 0.396 e. The molecule has 0 unspecified atom stereocenters.